The fourth-order valence-corrected chi connectivity index (χ4v) is 3.42. The number of carbonyl (C=O) groups excluding carboxylic acids is 1. The Bertz CT molecular complexity index is 544. The van der Waals surface area contributed by atoms with Gasteiger partial charge in [-0.2, -0.15) is 0 Å². The summed E-state index contributed by atoms with van der Waals surface area (Å²) in [6, 6.07) is 7.64. The van der Waals surface area contributed by atoms with Crippen molar-refractivity contribution in [2.24, 2.45) is 0 Å². The molecule has 1 aromatic rings. The number of amides is 1. The quantitative estimate of drug-likeness (QED) is 0.571. The van der Waals surface area contributed by atoms with Crippen LogP contribution in [0.25, 0.3) is 0 Å². The summed E-state index contributed by atoms with van der Waals surface area (Å²) in [6.07, 6.45) is 1.11. The van der Waals surface area contributed by atoms with E-state index in [4.69, 9.17) is 9.47 Å². The van der Waals surface area contributed by atoms with Gasteiger partial charge in [0.25, 0.3) is 5.91 Å². The number of hydrogen-bond donors (Lipinski definition) is 3. The first-order valence-electron chi connectivity index (χ1n) is 9.07. The smallest absolute Gasteiger partial charge is 0.275 e. The minimum Gasteiger partial charge on any atom is -0.486 e. The number of quaternary nitrogens is 2. The number of fused-ring (bicyclic) bond motifs is 1. The summed E-state index contributed by atoms with van der Waals surface area (Å²) in [5.41, 5.74) is 0. The van der Waals surface area contributed by atoms with Crippen molar-refractivity contribution in [2.45, 2.75) is 19.4 Å². The Morgan fingerprint density at radius 1 is 1.17 bits per heavy atom. The van der Waals surface area contributed by atoms with Gasteiger partial charge in [-0.05, 0) is 18.6 Å². The molecule has 132 valence electrons. The van der Waals surface area contributed by atoms with E-state index >= 15 is 0 Å². The van der Waals surface area contributed by atoms with Crippen molar-refractivity contribution in [3.63, 3.8) is 0 Å². The zero-order valence-electron chi connectivity index (χ0n) is 14.5. The monoisotopic (exact) mass is 335 g/mol. The van der Waals surface area contributed by atoms with Crippen molar-refractivity contribution >= 4 is 5.91 Å². The van der Waals surface area contributed by atoms with Crippen LogP contribution in [0.4, 0.5) is 0 Å². The van der Waals surface area contributed by atoms with Gasteiger partial charge in [0.15, 0.2) is 18.0 Å². The minimum atomic E-state index is -0.121. The summed E-state index contributed by atoms with van der Waals surface area (Å²) in [5.74, 6) is 1.63. The zero-order chi connectivity index (χ0) is 16.8. The molecule has 0 aromatic heterocycles. The summed E-state index contributed by atoms with van der Waals surface area (Å²) in [7, 11) is 0. The molecule has 6 heteroatoms. The highest BCUT2D eigenvalue weighted by molar-refractivity contribution is 5.76. The van der Waals surface area contributed by atoms with E-state index in [1.54, 1.807) is 4.90 Å². The van der Waals surface area contributed by atoms with Crippen molar-refractivity contribution < 1.29 is 24.1 Å². The number of piperazine rings is 1. The third-order valence-electron chi connectivity index (χ3n) is 4.77. The highest BCUT2D eigenvalue weighted by Crippen LogP contribution is 2.30. The minimum absolute atomic E-state index is 0.103. The topological polar surface area (TPSA) is 56.4 Å². The Hall–Kier alpha value is -1.79. The van der Waals surface area contributed by atoms with Gasteiger partial charge in [0.05, 0.1) is 13.1 Å². The van der Waals surface area contributed by atoms with Gasteiger partial charge in [0.1, 0.15) is 38.9 Å². The molecule has 1 atom stereocenters. The molecule has 3 N–H and O–H groups in total. The van der Waals surface area contributed by atoms with Crippen molar-refractivity contribution in [1.29, 1.82) is 0 Å². The lowest BCUT2D eigenvalue weighted by atomic mass is 10.2. The maximum Gasteiger partial charge on any atom is 0.275 e. The molecule has 0 radical (unpaired) electrons. The van der Waals surface area contributed by atoms with E-state index in [-0.39, 0.29) is 12.0 Å². The Labute approximate surface area is 143 Å². The average Bonchev–Trinajstić information content (AvgIpc) is 2.62. The maximum atomic E-state index is 12.2. The molecule has 0 aliphatic carbocycles. The summed E-state index contributed by atoms with van der Waals surface area (Å²) >= 11 is 0. The van der Waals surface area contributed by atoms with E-state index in [0.717, 1.165) is 24.6 Å². The van der Waals surface area contributed by atoms with Gasteiger partial charge >= 0.3 is 0 Å². The predicted molar refractivity (Wildman–Crippen MR) is 90.8 cm³/mol. The van der Waals surface area contributed by atoms with Crippen LogP contribution < -0.4 is 24.6 Å². The predicted octanol–water partition coefficient (Wildman–Crippen LogP) is -1.86. The number of benzene rings is 1. The Morgan fingerprint density at radius 3 is 2.62 bits per heavy atom. The largest absolute Gasteiger partial charge is 0.486 e. The van der Waals surface area contributed by atoms with E-state index in [1.807, 2.05) is 24.3 Å². The number of rotatable bonds is 6. The second-order valence-corrected chi connectivity index (χ2v) is 6.73. The number of ether oxygens (including phenoxy) is 2. The first-order chi connectivity index (χ1) is 11.7. The van der Waals surface area contributed by atoms with Crippen LogP contribution in [0.15, 0.2) is 24.3 Å². The molecule has 1 saturated heterocycles. The van der Waals surface area contributed by atoms with Crippen LogP contribution in [0.3, 0.4) is 0 Å². The molecule has 0 spiro atoms. The molecule has 2 heterocycles. The van der Waals surface area contributed by atoms with Gasteiger partial charge in [-0.25, -0.2) is 0 Å². The highest BCUT2D eigenvalue weighted by atomic mass is 16.6. The molecule has 1 aromatic carbocycles. The highest BCUT2D eigenvalue weighted by Gasteiger charge is 2.25. The Kier molecular flexibility index (Phi) is 5.93. The standard InChI is InChI=1S/C18H27N3O3/c1-2-7-20-8-10-21(11-9-20)13-18(22)19-12-15-14-23-16-5-3-4-6-17(16)24-15/h3-6,15H,2,7-14H2,1H3,(H,19,22)/p+2/t15-/m0/s1. The molecule has 2 aliphatic rings. The van der Waals surface area contributed by atoms with Gasteiger partial charge in [-0.1, -0.05) is 19.1 Å². The number of para-hydroxylation sites is 2. The van der Waals surface area contributed by atoms with Gasteiger partial charge in [-0.3, -0.25) is 4.79 Å². The summed E-state index contributed by atoms with van der Waals surface area (Å²) < 4.78 is 11.5. The summed E-state index contributed by atoms with van der Waals surface area (Å²) in [4.78, 5) is 15.2. The third kappa shape index (κ3) is 4.61. The second-order valence-electron chi connectivity index (χ2n) is 6.73. The summed E-state index contributed by atoms with van der Waals surface area (Å²) in [6.45, 7) is 9.52. The van der Waals surface area contributed by atoms with Crippen LogP contribution in [0.1, 0.15) is 13.3 Å². The van der Waals surface area contributed by atoms with Crippen molar-refractivity contribution in [1.82, 2.24) is 5.32 Å². The first kappa shape index (κ1) is 17.0. The lowest BCUT2D eigenvalue weighted by Crippen LogP contribution is -3.28. The number of carbonyl (C=O) groups is 1. The normalized spacial score (nSPS) is 26.0. The lowest BCUT2D eigenvalue weighted by molar-refractivity contribution is -1.01. The van der Waals surface area contributed by atoms with E-state index in [9.17, 15) is 4.79 Å². The summed E-state index contributed by atoms with van der Waals surface area (Å²) in [5, 5.41) is 3.00. The Balaban J connectivity index is 1.36. The van der Waals surface area contributed by atoms with E-state index < -0.39 is 0 Å². The zero-order valence-corrected chi connectivity index (χ0v) is 14.5. The lowest BCUT2D eigenvalue weighted by Gasteiger charge is -2.29. The van der Waals surface area contributed by atoms with Crippen molar-refractivity contribution in [3.05, 3.63) is 24.3 Å². The van der Waals surface area contributed by atoms with Crippen LogP contribution in [-0.4, -0.2) is 64.4 Å². The molecule has 6 nitrogen and oxygen atoms in total. The molecular weight excluding hydrogens is 306 g/mol. The SMILES string of the molecule is CCC[NH+]1CC[NH+](CC(=O)NC[C@H]2COc3ccccc3O2)CC1. The van der Waals surface area contributed by atoms with Crippen LogP contribution in [0.5, 0.6) is 11.5 Å². The molecular formula is C18H29N3O3+2. The Morgan fingerprint density at radius 2 is 1.88 bits per heavy atom. The van der Waals surface area contributed by atoms with Gasteiger partial charge in [0.2, 0.25) is 0 Å². The van der Waals surface area contributed by atoms with E-state index in [2.05, 4.69) is 12.2 Å². The number of nitrogens with one attached hydrogen (secondary N) is 3. The van der Waals surface area contributed by atoms with Crippen molar-refractivity contribution in [3.8, 4) is 11.5 Å². The fourth-order valence-electron chi connectivity index (χ4n) is 3.42. The van der Waals surface area contributed by atoms with Crippen LogP contribution >= 0.6 is 0 Å². The van der Waals surface area contributed by atoms with Crippen LogP contribution in [0.2, 0.25) is 0 Å². The van der Waals surface area contributed by atoms with E-state index in [1.165, 1.54) is 31.0 Å². The second kappa shape index (κ2) is 8.35. The third-order valence-corrected chi connectivity index (χ3v) is 4.77. The number of hydrogen-bond acceptors (Lipinski definition) is 3. The maximum absolute atomic E-state index is 12.2. The molecule has 3 rings (SSSR count). The van der Waals surface area contributed by atoms with Gasteiger partial charge in [0, 0.05) is 0 Å². The molecule has 0 saturated carbocycles. The van der Waals surface area contributed by atoms with Crippen LogP contribution in [0, 0.1) is 0 Å². The molecule has 24 heavy (non-hydrogen) atoms. The molecule has 2 aliphatic heterocycles. The van der Waals surface area contributed by atoms with Crippen LogP contribution in [-0.2, 0) is 4.79 Å². The van der Waals surface area contributed by atoms with Gasteiger partial charge < -0.3 is 24.6 Å². The van der Waals surface area contributed by atoms with E-state index in [0.29, 0.717) is 19.7 Å². The molecule has 1 amide bonds. The fraction of sp³-hybridized carbons (Fsp3) is 0.611. The average molecular weight is 335 g/mol. The first-order valence-corrected chi connectivity index (χ1v) is 9.07. The van der Waals surface area contributed by atoms with Gasteiger partial charge in [-0.15, -0.1) is 0 Å². The molecule has 1 fully saturated rings. The molecule has 0 bridgehead atoms. The van der Waals surface area contributed by atoms with Crippen molar-refractivity contribution in [2.75, 3.05) is 52.4 Å². The molecule has 0 unspecified atom stereocenters.